The van der Waals surface area contributed by atoms with Gasteiger partial charge in [0.1, 0.15) is 0 Å². The molecule has 0 radical (unpaired) electrons. The summed E-state index contributed by atoms with van der Waals surface area (Å²) in [6, 6.07) is 0. The van der Waals surface area contributed by atoms with Crippen LogP contribution in [0.4, 0.5) is 0 Å². The summed E-state index contributed by atoms with van der Waals surface area (Å²) < 4.78 is 0. The molecule has 1 N–H and O–H groups in total. The maximum absolute atomic E-state index is 9.34. The number of likely N-dealkylation sites (tertiary alicyclic amines) is 1. The smallest absolute Gasteiger partial charge is 0.0930 e. The van der Waals surface area contributed by atoms with Crippen LogP contribution in [0.15, 0.2) is 6.20 Å². The second-order valence-corrected chi connectivity index (χ2v) is 6.23. The van der Waals surface area contributed by atoms with Gasteiger partial charge in [-0.25, -0.2) is 4.98 Å². The molecule has 1 aromatic heterocycles. The highest BCUT2D eigenvalue weighted by Crippen LogP contribution is 2.23. The summed E-state index contributed by atoms with van der Waals surface area (Å²) in [6.45, 7) is 7.69. The molecule has 0 bridgehead atoms. The summed E-state index contributed by atoms with van der Waals surface area (Å²) in [4.78, 5) is 8.19. The quantitative estimate of drug-likeness (QED) is 0.872. The van der Waals surface area contributed by atoms with Gasteiger partial charge in [-0.05, 0) is 32.4 Å². The van der Waals surface area contributed by atoms with Crippen LogP contribution in [0.3, 0.4) is 0 Å². The SMILES string of the molecule is CCN1CCC(Cc2ncc(CC(C)O)s2)C1. The van der Waals surface area contributed by atoms with Gasteiger partial charge in [-0.1, -0.05) is 6.92 Å². The van der Waals surface area contributed by atoms with E-state index in [1.165, 1.54) is 35.9 Å². The van der Waals surface area contributed by atoms with Crippen molar-refractivity contribution in [1.82, 2.24) is 9.88 Å². The zero-order valence-corrected chi connectivity index (χ0v) is 11.5. The molecule has 0 amide bonds. The van der Waals surface area contributed by atoms with Gasteiger partial charge >= 0.3 is 0 Å². The number of rotatable bonds is 5. The van der Waals surface area contributed by atoms with E-state index in [-0.39, 0.29) is 6.10 Å². The van der Waals surface area contributed by atoms with E-state index in [1.807, 2.05) is 13.1 Å². The molecule has 2 heterocycles. The van der Waals surface area contributed by atoms with Crippen LogP contribution in [-0.2, 0) is 12.8 Å². The van der Waals surface area contributed by atoms with E-state index in [0.29, 0.717) is 0 Å². The highest BCUT2D eigenvalue weighted by atomic mass is 32.1. The Morgan fingerprint density at radius 2 is 2.47 bits per heavy atom. The predicted molar refractivity (Wildman–Crippen MR) is 71.4 cm³/mol. The molecule has 0 aliphatic carbocycles. The molecule has 3 nitrogen and oxygen atoms in total. The molecule has 0 spiro atoms. The van der Waals surface area contributed by atoms with Crippen molar-refractivity contribution < 1.29 is 5.11 Å². The molecule has 4 heteroatoms. The first-order valence-corrected chi connectivity index (χ1v) is 7.33. The van der Waals surface area contributed by atoms with E-state index in [1.54, 1.807) is 11.3 Å². The third-order valence-corrected chi connectivity index (χ3v) is 4.42. The molecule has 96 valence electrons. The lowest BCUT2D eigenvalue weighted by Gasteiger charge is -2.11. The Labute approximate surface area is 107 Å². The highest BCUT2D eigenvalue weighted by molar-refractivity contribution is 7.11. The lowest BCUT2D eigenvalue weighted by molar-refractivity contribution is 0.196. The molecule has 2 rings (SSSR count). The fourth-order valence-electron chi connectivity index (χ4n) is 2.44. The summed E-state index contributed by atoms with van der Waals surface area (Å²) in [5, 5.41) is 10.6. The first-order chi connectivity index (χ1) is 8.17. The van der Waals surface area contributed by atoms with Gasteiger partial charge in [-0.3, -0.25) is 0 Å². The molecule has 0 aromatic carbocycles. The average Bonchev–Trinajstić information content (AvgIpc) is 2.88. The molecule has 1 aliphatic rings. The third-order valence-electron chi connectivity index (χ3n) is 3.38. The molecule has 0 saturated carbocycles. The van der Waals surface area contributed by atoms with Gasteiger partial charge in [0, 0.05) is 30.5 Å². The summed E-state index contributed by atoms with van der Waals surface area (Å²) in [5.74, 6) is 0.778. The van der Waals surface area contributed by atoms with E-state index in [9.17, 15) is 5.11 Å². The molecule has 1 saturated heterocycles. The second kappa shape index (κ2) is 5.94. The number of aliphatic hydroxyl groups excluding tert-OH is 1. The number of nitrogens with zero attached hydrogens (tertiary/aromatic N) is 2. The first kappa shape index (κ1) is 13.0. The molecule has 2 atom stereocenters. The number of thiazole rings is 1. The van der Waals surface area contributed by atoms with Gasteiger partial charge in [-0.2, -0.15) is 0 Å². The van der Waals surface area contributed by atoms with Gasteiger partial charge in [0.25, 0.3) is 0 Å². The van der Waals surface area contributed by atoms with Crippen LogP contribution in [0, 0.1) is 5.92 Å². The lowest BCUT2D eigenvalue weighted by atomic mass is 10.1. The monoisotopic (exact) mass is 254 g/mol. The molecule has 1 fully saturated rings. The molecule has 2 unspecified atom stereocenters. The van der Waals surface area contributed by atoms with Gasteiger partial charge in [0.05, 0.1) is 11.1 Å². The highest BCUT2D eigenvalue weighted by Gasteiger charge is 2.22. The van der Waals surface area contributed by atoms with Crippen LogP contribution >= 0.6 is 11.3 Å². The minimum absolute atomic E-state index is 0.259. The topological polar surface area (TPSA) is 36.4 Å². The van der Waals surface area contributed by atoms with Crippen molar-refractivity contribution in [2.45, 2.75) is 39.2 Å². The van der Waals surface area contributed by atoms with Gasteiger partial charge < -0.3 is 10.0 Å². The molecular weight excluding hydrogens is 232 g/mol. The van der Waals surface area contributed by atoms with E-state index < -0.39 is 0 Å². The van der Waals surface area contributed by atoms with Crippen molar-refractivity contribution in [2.75, 3.05) is 19.6 Å². The Morgan fingerprint density at radius 3 is 3.12 bits per heavy atom. The normalized spacial score (nSPS) is 23.1. The number of hydrogen-bond acceptors (Lipinski definition) is 4. The average molecular weight is 254 g/mol. The molecule has 17 heavy (non-hydrogen) atoms. The van der Waals surface area contributed by atoms with E-state index in [2.05, 4.69) is 16.8 Å². The zero-order valence-electron chi connectivity index (χ0n) is 10.7. The van der Waals surface area contributed by atoms with Crippen molar-refractivity contribution in [3.05, 3.63) is 16.1 Å². The summed E-state index contributed by atoms with van der Waals surface area (Å²) in [6.07, 6.45) is 4.83. The third kappa shape index (κ3) is 3.76. The van der Waals surface area contributed by atoms with Crippen LogP contribution in [0.25, 0.3) is 0 Å². The van der Waals surface area contributed by atoms with Crippen molar-refractivity contribution in [3.63, 3.8) is 0 Å². The van der Waals surface area contributed by atoms with Crippen LogP contribution in [0.5, 0.6) is 0 Å². The van der Waals surface area contributed by atoms with Gasteiger partial charge in [0.15, 0.2) is 0 Å². The molecular formula is C13H22N2OS. The minimum Gasteiger partial charge on any atom is -0.393 e. The number of aliphatic hydroxyl groups is 1. The molecule has 1 aliphatic heterocycles. The first-order valence-electron chi connectivity index (χ1n) is 6.51. The summed E-state index contributed by atoms with van der Waals surface area (Å²) in [5.41, 5.74) is 0. The van der Waals surface area contributed by atoms with E-state index in [0.717, 1.165) is 18.8 Å². The fraction of sp³-hybridized carbons (Fsp3) is 0.769. The number of aromatic nitrogens is 1. The van der Waals surface area contributed by atoms with E-state index >= 15 is 0 Å². The van der Waals surface area contributed by atoms with Crippen LogP contribution < -0.4 is 0 Å². The largest absolute Gasteiger partial charge is 0.393 e. The van der Waals surface area contributed by atoms with Crippen LogP contribution in [-0.4, -0.2) is 40.7 Å². The standard InChI is InChI=1S/C13H22N2OS/c1-3-15-5-4-11(9-15)7-13-14-8-12(17-13)6-10(2)16/h8,10-11,16H,3-7,9H2,1-2H3. The van der Waals surface area contributed by atoms with Gasteiger partial charge in [-0.15, -0.1) is 11.3 Å². The lowest BCUT2D eigenvalue weighted by Crippen LogP contribution is -2.20. The van der Waals surface area contributed by atoms with Crippen molar-refractivity contribution in [2.24, 2.45) is 5.92 Å². The van der Waals surface area contributed by atoms with Crippen molar-refractivity contribution in [1.29, 1.82) is 0 Å². The predicted octanol–water partition coefficient (Wildman–Crippen LogP) is 1.95. The second-order valence-electron chi connectivity index (χ2n) is 5.03. The van der Waals surface area contributed by atoms with Crippen molar-refractivity contribution >= 4 is 11.3 Å². The Kier molecular flexibility index (Phi) is 4.54. The fourth-order valence-corrected chi connectivity index (χ4v) is 3.60. The van der Waals surface area contributed by atoms with Crippen LogP contribution in [0.2, 0.25) is 0 Å². The maximum atomic E-state index is 9.34. The Morgan fingerprint density at radius 1 is 1.65 bits per heavy atom. The van der Waals surface area contributed by atoms with Crippen LogP contribution in [0.1, 0.15) is 30.2 Å². The molecule has 1 aromatic rings. The Hall–Kier alpha value is -0.450. The number of hydrogen-bond donors (Lipinski definition) is 1. The minimum atomic E-state index is -0.259. The maximum Gasteiger partial charge on any atom is 0.0930 e. The Bertz CT molecular complexity index is 351. The Balaban J connectivity index is 1.85. The zero-order chi connectivity index (χ0) is 12.3. The van der Waals surface area contributed by atoms with E-state index in [4.69, 9.17) is 0 Å². The summed E-state index contributed by atoms with van der Waals surface area (Å²) in [7, 11) is 0. The summed E-state index contributed by atoms with van der Waals surface area (Å²) >= 11 is 1.77. The van der Waals surface area contributed by atoms with Gasteiger partial charge in [0.2, 0.25) is 0 Å². The van der Waals surface area contributed by atoms with Crippen molar-refractivity contribution in [3.8, 4) is 0 Å².